The number of amides is 1. The first-order chi connectivity index (χ1) is 8.20. The SMILES string of the molecule is CN(C(=O)C1COCCO1)c1ccccc1F. The van der Waals surface area contributed by atoms with Gasteiger partial charge < -0.3 is 14.4 Å². The maximum absolute atomic E-state index is 13.5. The molecule has 0 spiro atoms. The predicted octanol–water partition coefficient (Wildman–Crippen LogP) is 1.20. The van der Waals surface area contributed by atoms with Gasteiger partial charge in [-0.05, 0) is 12.1 Å². The molecular weight excluding hydrogens is 225 g/mol. The smallest absolute Gasteiger partial charge is 0.258 e. The zero-order valence-corrected chi connectivity index (χ0v) is 9.56. The van der Waals surface area contributed by atoms with Crippen molar-refractivity contribution < 1.29 is 18.7 Å². The number of hydrogen-bond donors (Lipinski definition) is 0. The summed E-state index contributed by atoms with van der Waals surface area (Å²) in [5.74, 6) is -0.727. The first-order valence-corrected chi connectivity index (χ1v) is 5.41. The maximum atomic E-state index is 13.5. The van der Waals surface area contributed by atoms with Crippen molar-refractivity contribution in [2.24, 2.45) is 0 Å². The van der Waals surface area contributed by atoms with Crippen molar-refractivity contribution in [3.05, 3.63) is 30.1 Å². The molecule has 0 N–H and O–H groups in total. The molecule has 1 aromatic carbocycles. The van der Waals surface area contributed by atoms with Gasteiger partial charge in [-0.3, -0.25) is 4.79 Å². The first-order valence-electron chi connectivity index (χ1n) is 5.41. The average Bonchev–Trinajstić information content (AvgIpc) is 2.39. The lowest BCUT2D eigenvalue weighted by Gasteiger charge is -2.26. The van der Waals surface area contributed by atoms with E-state index in [4.69, 9.17) is 9.47 Å². The Balaban J connectivity index is 2.11. The van der Waals surface area contributed by atoms with E-state index < -0.39 is 11.9 Å². The van der Waals surface area contributed by atoms with Crippen molar-refractivity contribution >= 4 is 11.6 Å². The molecule has 0 saturated carbocycles. The third-order valence-corrected chi connectivity index (χ3v) is 2.64. The maximum Gasteiger partial charge on any atom is 0.258 e. The predicted molar refractivity (Wildman–Crippen MR) is 60.4 cm³/mol. The minimum atomic E-state index is -0.645. The van der Waals surface area contributed by atoms with Crippen LogP contribution in [-0.2, 0) is 14.3 Å². The van der Waals surface area contributed by atoms with Gasteiger partial charge in [0.05, 0.1) is 25.5 Å². The Hall–Kier alpha value is -1.46. The zero-order chi connectivity index (χ0) is 12.3. The Morgan fingerprint density at radius 3 is 2.82 bits per heavy atom. The van der Waals surface area contributed by atoms with Crippen molar-refractivity contribution in [3.8, 4) is 0 Å². The summed E-state index contributed by atoms with van der Waals surface area (Å²) in [5, 5.41) is 0. The number of ether oxygens (including phenoxy) is 2. The Bertz CT molecular complexity index is 404. The van der Waals surface area contributed by atoms with E-state index in [0.29, 0.717) is 13.2 Å². The molecule has 0 aliphatic carbocycles. The third-order valence-electron chi connectivity index (χ3n) is 2.64. The molecule has 1 saturated heterocycles. The van der Waals surface area contributed by atoms with Gasteiger partial charge in [0.25, 0.3) is 5.91 Å². The van der Waals surface area contributed by atoms with Gasteiger partial charge in [0, 0.05) is 7.05 Å². The van der Waals surface area contributed by atoms with Gasteiger partial charge in [-0.1, -0.05) is 12.1 Å². The van der Waals surface area contributed by atoms with Crippen LogP contribution in [0.5, 0.6) is 0 Å². The van der Waals surface area contributed by atoms with E-state index >= 15 is 0 Å². The molecule has 1 heterocycles. The van der Waals surface area contributed by atoms with Crippen LogP contribution in [0.25, 0.3) is 0 Å². The largest absolute Gasteiger partial charge is 0.376 e. The number of anilines is 1. The highest BCUT2D eigenvalue weighted by molar-refractivity contribution is 5.96. The third kappa shape index (κ3) is 2.62. The van der Waals surface area contributed by atoms with Crippen LogP contribution >= 0.6 is 0 Å². The van der Waals surface area contributed by atoms with Crippen LogP contribution in [-0.4, -0.2) is 38.9 Å². The first kappa shape index (κ1) is 12.0. The number of likely N-dealkylation sites (N-methyl/N-ethyl adjacent to an activating group) is 1. The Morgan fingerprint density at radius 2 is 2.18 bits per heavy atom. The molecule has 0 radical (unpaired) electrons. The standard InChI is InChI=1S/C12H14FNO3/c1-14(10-5-3-2-4-9(10)13)12(15)11-8-16-6-7-17-11/h2-5,11H,6-8H2,1H3. The number of para-hydroxylation sites is 1. The molecular formula is C12H14FNO3. The molecule has 92 valence electrons. The fraction of sp³-hybridized carbons (Fsp3) is 0.417. The van der Waals surface area contributed by atoms with Crippen LogP contribution in [0, 0.1) is 5.82 Å². The van der Waals surface area contributed by atoms with Crippen LogP contribution in [0.2, 0.25) is 0 Å². The second kappa shape index (κ2) is 5.25. The summed E-state index contributed by atoms with van der Waals surface area (Å²) in [7, 11) is 1.53. The number of nitrogens with zero attached hydrogens (tertiary/aromatic N) is 1. The van der Waals surface area contributed by atoms with E-state index in [1.807, 2.05) is 0 Å². The molecule has 5 heteroatoms. The second-order valence-electron chi connectivity index (χ2n) is 3.78. The fourth-order valence-corrected chi connectivity index (χ4v) is 1.69. The molecule has 17 heavy (non-hydrogen) atoms. The van der Waals surface area contributed by atoms with Crippen LogP contribution in [0.4, 0.5) is 10.1 Å². The Kier molecular flexibility index (Phi) is 3.71. The lowest BCUT2D eigenvalue weighted by atomic mass is 10.2. The summed E-state index contributed by atoms with van der Waals surface area (Å²) < 4.78 is 23.9. The van der Waals surface area contributed by atoms with Crippen LogP contribution < -0.4 is 4.90 Å². The lowest BCUT2D eigenvalue weighted by Crippen LogP contribution is -2.44. The minimum Gasteiger partial charge on any atom is -0.376 e. The van der Waals surface area contributed by atoms with E-state index in [9.17, 15) is 9.18 Å². The van der Waals surface area contributed by atoms with Crippen molar-refractivity contribution in [1.82, 2.24) is 0 Å². The summed E-state index contributed by atoms with van der Waals surface area (Å²) in [6.45, 7) is 1.10. The van der Waals surface area contributed by atoms with Crippen molar-refractivity contribution in [3.63, 3.8) is 0 Å². The number of benzene rings is 1. The van der Waals surface area contributed by atoms with Crippen LogP contribution in [0.15, 0.2) is 24.3 Å². The molecule has 4 nitrogen and oxygen atoms in total. The molecule has 1 amide bonds. The summed E-state index contributed by atoms with van der Waals surface area (Å²) in [6, 6.07) is 6.13. The number of halogens is 1. The van der Waals surface area contributed by atoms with Crippen molar-refractivity contribution in [1.29, 1.82) is 0 Å². The van der Waals surface area contributed by atoms with E-state index in [0.717, 1.165) is 0 Å². The van der Waals surface area contributed by atoms with Gasteiger partial charge in [0.1, 0.15) is 5.82 Å². The highest BCUT2D eigenvalue weighted by Gasteiger charge is 2.27. The molecule has 2 rings (SSSR count). The van der Waals surface area contributed by atoms with Crippen LogP contribution in [0.3, 0.4) is 0 Å². The number of carbonyl (C=O) groups excluding carboxylic acids is 1. The zero-order valence-electron chi connectivity index (χ0n) is 9.56. The van der Waals surface area contributed by atoms with Gasteiger partial charge in [-0.2, -0.15) is 0 Å². The normalized spacial score (nSPS) is 20.0. The van der Waals surface area contributed by atoms with E-state index in [-0.39, 0.29) is 18.2 Å². The quantitative estimate of drug-likeness (QED) is 0.778. The summed E-state index contributed by atoms with van der Waals surface area (Å²) in [6.07, 6.45) is -0.645. The van der Waals surface area contributed by atoms with Gasteiger partial charge in [-0.25, -0.2) is 4.39 Å². The topological polar surface area (TPSA) is 38.8 Å². The number of carbonyl (C=O) groups is 1. The lowest BCUT2D eigenvalue weighted by molar-refractivity contribution is -0.144. The molecule has 0 aromatic heterocycles. The summed E-state index contributed by atoms with van der Waals surface area (Å²) >= 11 is 0. The molecule has 1 unspecified atom stereocenters. The van der Waals surface area contributed by atoms with Crippen molar-refractivity contribution in [2.75, 3.05) is 31.8 Å². The monoisotopic (exact) mass is 239 g/mol. The van der Waals surface area contributed by atoms with E-state index in [1.165, 1.54) is 18.0 Å². The Labute approximate surface area is 98.9 Å². The molecule has 1 aliphatic rings. The van der Waals surface area contributed by atoms with Gasteiger partial charge in [0.15, 0.2) is 6.10 Å². The molecule has 1 aromatic rings. The number of rotatable bonds is 2. The highest BCUT2D eigenvalue weighted by Crippen LogP contribution is 2.18. The van der Waals surface area contributed by atoms with Crippen LogP contribution in [0.1, 0.15) is 0 Å². The fourth-order valence-electron chi connectivity index (χ4n) is 1.69. The molecule has 1 fully saturated rings. The summed E-state index contributed by atoms with van der Waals surface area (Å²) in [4.78, 5) is 13.3. The highest BCUT2D eigenvalue weighted by atomic mass is 19.1. The van der Waals surface area contributed by atoms with Gasteiger partial charge in [0.2, 0.25) is 0 Å². The van der Waals surface area contributed by atoms with E-state index in [1.54, 1.807) is 18.2 Å². The van der Waals surface area contributed by atoms with Crippen molar-refractivity contribution in [2.45, 2.75) is 6.10 Å². The molecule has 1 aliphatic heterocycles. The number of hydrogen-bond acceptors (Lipinski definition) is 3. The van der Waals surface area contributed by atoms with E-state index in [2.05, 4.69) is 0 Å². The summed E-state index contributed by atoms with van der Waals surface area (Å²) in [5.41, 5.74) is 0.242. The average molecular weight is 239 g/mol. The minimum absolute atomic E-state index is 0.220. The van der Waals surface area contributed by atoms with Gasteiger partial charge >= 0.3 is 0 Å². The molecule has 1 atom stereocenters. The van der Waals surface area contributed by atoms with Gasteiger partial charge in [-0.15, -0.1) is 0 Å². The second-order valence-corrected chi connectivity index (χ2v) is 3.78. The molecule has 0 bridgehead atoms. The Morgan fingerprint density at radius 1 is 1.41 bits per heavy atom.